The average Bonchev–Trinajstić information content (AvgIpc) is 2.37. The van der Waals surface area contributed by atoms with Crippen LogP contribution in [0.4, 0.5) is 10.5 Å². The van der Waals surface area contributed by atoms with Crippen molar-refractivity contribution in [1.29, 1.82) is 0 Å². The monoisotopic (exact) mass is 435 g/mol. The van der Waals surface area contributed by atoms with Gasteiger partial charge < -0.3 is 9.53 Å². The highest BCUT2D eigenvalue weighted by molar-refractivity contribution is 14.1. The zero-order chi connectivity index (χ0) is 17.1. The van der Waals surface area contributed by atoms with Crippen LogP contribution in [0.3, 0.4) is 0 Å². The number of anilines is 1. The van der Waals surface area contributed by atoms with Gasteiger partial charge in [-0.05, 0) is 57.4 Å². The molecule has 0 aliphatic rings. The SMILES string of the molecule is CC(C)[Si](Oc1ccc(NC(=O)O)c(I)c1)(C(C)C)C(C)C. The molecule has 2 N–H and O–H groups in total. The molecule has 0 unspecified atom stereocenters. The second-order valence-electron chi connectivity index (χ2n) is 6.49. The highest BCUT2D eigenvalue weighted by Crippen LogP contribution is 2.43. The largest absolute Gasteiger partial charge is 0.543 e. The molecule has 0 saturated carbocycles. The third-order valence-electron chi connectivity index (χ3n) is 4.18. The molecule has 0 atom stereocenters. The fourth-order valence-corrected chi connectivity index (χ4v) is 9.20. The van der Waals surface area contributed by atoms with Crippen molar-refractivity contribution < 1.29 is 14.3 Å². The molecule has 0 fully saturated rings. The molecule has 1 amide bonds. The van der Waals surface area contributed by atoms with Crippen molar-refractivity contribution in [2.45, 2.75) is 58.2 Å². The zero-order valence-electron chi connectivity index (χ0n) is 14.1. The van der Waals surface area contributed by atoms with Gasteiger partial charge in [0.1, 0.15) is 5.75 Å². The number of rotatable bonds is 6. The summed E-state index contributed by atoms with van der Waals surface area (Å²) in [6, 6.07) is 5.55. The lowest BCUT2D eigenvalue weighted by atomic mass is 10.3. The van der Waals surface area contributed by atoms with Crippen molar-refractivity contribution in [2.24, 2.45) is 0 Å². The van der Waals surface area contributed by atoms with E-state index in [0.717, 1.165) is 9.32 Å². The summed E-state index contributed by atoms with van der Waals surface area (Å²) in [6.45, 7) is 13.5. The fraction of sp³-hybridized carbons (Fsp3) is 0.562. The standard InChI is InChI=1S/C16H26INO3Si/c1-10(2)22(11(3)4,12(5)6)21-13-7-8-15(14(17)9-13)18-16(19)20/h7-12,18H,1-6H3,(H,19,20). The maximum Gasteiger partial charge on any atom is 0.409 e. The van der Waals surface area contributed by atoms with Crippen LogP contribution in [0, 0.1) is 3.57 Å². The van der Waals surface area contributed by atoms with E-state index in [9.17, 15) is 4.79 Å². The lowest BCUT2D eigenvalue weighted by molar-refractivity contribution is 0.209. The molecule has 0 heterocycles. The fourth-order valence-electron chi connectivity index (χ4n) is 3.33. The van der Waals surface area contributed by atoms with Crippen LogP contribution in [0.2, 0.25) is 16.6 Å². The third kappa shape index (κ3) is 4.16. The Balaban J connectivity index is 3.15. The van der Waals surface area contributed by atoms with Crippen LogP contribution in [-0.2, 0) is 0 Å². The number of carbonyl (C=O) groups is 1. The number of benzene rings is 1. The van der Waals surface area contributed by atoms with Gasteiger partial charge in [0.25, 0.3) is 8.32 Å². The molecule has 1 aromatic rings. The Labute approximate surface area is 147 Å². The van der Waals surface area contributed by atoms with Crippen LogP contribution in [0.15, 0.2) is 18.2 Å². The van der Waals surface area contributed by atoms with E-state index in [2.05, 4.69) is 69.5 Å². The molecule has 22 heavy (non-hydrogen) atoms. The molecule has 1 rings (SSSR count). The number of hydrogen-bond donors (Lipinski definition) is 2. The highest BCUT2D eigenvalue weighted by atomic mass is 127. The van der Waals surface area contributed by atoms with Gasteiger partial charge >= 0.3 is 6.09 Å². The topological polar surface area (TPSA) is 58.6 Å². The van der Waals surface area contributed by atoms with Gasteiger partial charge in [0.15, 0.2) is 0 Å². The smallest absolute Gasteiger partial charge is 0.409 e. The van der Waals surface area contributed by atoms with Crippen LogP contribution in [0.1, 0.15) is 41.5 Å². The minimum Gasteiger partial charge on any atom is -0.543 e. The van der Waals surface area contributed by atoms with Crippen LogP contribution in [0.5, 0.6) is 5.75 Å². The van der Waals surface area contributed by atoms with Gasteiger partial charge in [0.2, 0.25) is 0 Å². The molecule has 124 valence electrons. The first-order valence-electron chi connectivity index (χ1n) is 7.59. The first-order chi connectivity index (χ1) is 10.1. The Bertz CT molecular complexity index is 510. The Hall–Kier alpha value is -0.763. The summed E-state index contributed by atoms with van der Waals surface area (Å²) in [6.07, 6.45) is -1.05. The van der Waals surface area contributed by atoms with Gasteiger partial charge in [-0.15, -0.1) is 0 Å². The van der Waals surface area contributed by atoms with Gasteiger partial charge in [0, 0.05) is 3.57 Å². The highest BCUT2D eigenvalue weighted by Gasteiger charge is 2.47. The summed E-state index contributed by atoms with van der Waals surface area (Å²) in [5.74, 6) is 0.836. The van der Waals surface area contributed by atoms with Crippen molar-refractivity contribution in [3.05, 3.63) is 21.8 Å². The lowest BCUT2D eigenvalue weighted by Gasteiger charge is -2.42. The molecule has 0 aliphatic carbocycles. The Kier molecular flexibility index (Phi) is 6.73. The average molecular weight is 435 g/mol. The summed E-state index contributed by atoms with van der Waals surface area (Å²) in [5.41, 5.74) is 2.09. The van der Waals surface area contributed by atoms with Crippen LogP contribution in [0.25, 0.3) is 0 Å². The molecule has 1 aromatic carbocycles. The normalized spacial score (nSPS) is 12.1. The van der Waals surface area contributed by atoms with E-state index >= 15 is 0 Å². The van der Waals surface area contributed by atoms with E-state index < -0.39 is 14.4 Å². The molecular formula is C16H26INO3Si. The minimum atomic E-state index is -1.98. The van der Waals surface area contributed by atoms with Gasteiger partial charge in [0.05, 0.1) is 5.69 Å². The van der Waals surface area contributed by atoms with Crippen LogP contribution in [-0.4, -0.2) is 19.5 Å². The minimum absolute atomic E-state index is 0.502. The van der Waals surface area contributed by atoms with Crippen molar-refractivity contribution >= 4 is 42.7 Å². The van der Waals surface area contributed by atoms with E-state index in [1.807, 2.05) is 12.1 Å². The third-order valence-corrected chi connectivity index (χ3v) is 11.1. The first-order valence-corrected chi connectivity index (χ1v) is 10.8. The number of nitrogens with one attached hydrogen (secondary N) is 1. The molecular weight excluding hydrogens is 409 g/mol. The molecule has 0 saturated heterocycles. The van der Waals surface area contributed by atoms with E-state index in [0.29, 0.717) is 22.3 Å². The van der Waals surface area contributed by atoms with Crippen LogP contribution >= 0.6 is 22.6 Å². The molecule has 0 bridgehead atoms. The van der Waals surface area contributed by atoms with Gasteiger partial charge in [-0.3, -0.25) is 5.32 Å². The molecule has 6 heteroatoms. The second kappa shape index (κ2) is 7.67. The summed E-state index contributed by atoms with van der Waals surface area (Å²) in [5, 5.41) is 11.2. The summed E-state index contributed by atoms with van der Waals surface area (Å²) in [7, 11) is -1.98. The molecule has 0 aromatic heterocycles. The van der Waals surface area contributed by atoms with Crippen molar-refractivity contribution in [1.82, 2.24) is 0 Å². The van der Waals surface area contributed by atoms with Crippen LogP contribution < -0.4 is 9.74 Å². The predicted octanol–water partition coefficient (Wildman–Crippen LogP) is 5.94. The van der Waals surface area contributed by atoms with Gasteiger partial charge in [-0.25, -0.2) is 4.79 Å². The zero-order valence-corrected chi connectivity index (χ0v) is 17.3. The second-order valence-corrected chi connectivity index (χ2v) is 13.0. The summed E-state index contributed by atoms with van der Waals surface area (Å²) in [4.78, 5) is 10.8. The quantitative estimate of drug-likeness (QED) is 0.430. The summed E-state index contributed by atoms with van der Waals surface area (Å²) >= 11 is 2.13. The maximum atomic E-state index is 10.8. The lowest BCUT2D eigenvalue weighted by Crippen LogP contribution is -2.50. The van der Waals surface area contributed by atoms with Crippen molar-refractivity contribution in [3.63, 3.8) is 0 Å². The maximum absolute atomic E-state index is 10.8. The van der Waals surface area contributed by atoms with Gasteiger partial charge in [-0.1, -0.05) is 41.5 Å². The van der Waals surface area contributed by atoms with Gasteiger partial charge in [-0.2, -0.15) is 0 Å². The van der Waals surface area contributed by atoms with Crippen molar-refractivity contribution in [2.75, 3.05) is 5.32 Å². The number of hydrogen-bond acceptors (Lipinski definition) is 2. The number of halogens is 1. The van der Waals surface area contributed by atoms with E-state index in [1.165, 1.54) is 0 Å². The van der Waals surface area contributed by atoms with Crippen molar-refractivity contribution in [3.8, 4) is 5.75 Å². The first kappa shape index (κ1) is 19.3. The predicted molar refractivity (Wildman–Crippen MR) is 102 cm³/mol. The molecule has 4 nitrogen and oxygen atoms in total. The Morgan fingerprint density at radius 3 is 2.00 bits per heavy atom. The number of carboxylic acid groups (broad SMARTS) is 1. The molecule has 0 spiro atoms. The molecule has 0 aliphatic heterocycles. The number of amides is 1. The summed E-state index contributed by atoms with van der Waals surface area (Å²) < 4.78 is 7.43. The Morgan fingerprint density at radius 1 is 1.14 bits per heavy atom. The molecule has 0 radical (unpaired) electrons. The van der Waals surface area contributed by atoms with E-state index in [1.54, 1.807) is 6.07 Å². The van der Waals surface area contributed by atoms with E-state index in [4.69, 9.17) is 9.53 Å². The van der Waals surface area contributed by atoms with E-state index in [-0.39, 0.29) is 0 Å². The Morgan fingerprint density at radius 2 is 1.64 bits per heavy atom.